The Kier molecular flexibility index (Phi) is 2.92. The molecule has 0 unspecified atom stereocenters. The van der Waals surface area contributed by atoms with E-state index in [0.29, 0.717) is 12.8 Å². The summed E-state index contributed by atoms with van der Waals surface area (Å²) in [4.78, 5) is 23.4. The minimum Gasteiger partial charge on any atom is -0.480 e. The molecule has 2 N–H and O–H groups in total. The Morgan fingerprint density at radius 1 is 1.18 bits per heavy atom. The minimum absolute atomic E-state index is 0.000603. The highest BCUT2D eigenvalue weighted by Gasteiger charge is 2.53. The van der Waals surface area contributed by atoms with Gasteiger partial charge in [-0.25, -0.2) is 4.79 Å². The van der Waals surface area contributed by atoms with Gasteiger partial charge in [-0.2, -0.15) is 0 Å². The van der Waals surface area contributed by atoms with Crippen molar-refractivity contribution in [3.05, 3.63) is 0 Å². The Morgan fingerprint density at radius 3 is 2.12 bits per heavy atom. The molecule has 0 saturated heterocycles. The number of carbonyl (C=O) groups excluding carboxylic acids is 1. The summed E-state index contributed by atoms with van der Waals surface area (Å²) in [5.41, 5.74) is -0.938. The topological polar surface area (TPSA) is 66.4 Å². The fourth-order valence-electron chi connectivity index (χ4n) is 2.79. The number of aliphatic carboxylic acids is 1. The molecule has 0 spiro atoms. The number of rotatable bonds is 3. The maximum Gasteiger partial charge on any atom is 0.329 e. The van der Waals surface area contributed by atoms with Crippen LogP contribution in [0.2, 0.25) is 0 Å². The van der Waals surface area contributed by atoms with Gasteiger partial charge in [0.1, 0.15) is 5.54 Å². The molecule has 2 fully saturated rings. The van der Waals surface area contributed by atoms with Crippen LogP contribution in [0.1, 0.15) is 52.4 Å². The van der Waals surface area contributed by atoms with E-state index in [2.05, 4.69) is 5.32 Å². The zero-order valence-electron chi connectivity index (χ0n) is 10.6. The Morgan fingerprint density at radius 2 is 1.71 bits per heavy atom. The van der Waals surface area contributed by atoms with Gasteiger partial charge in [-0.3, -0.25) is 4.79 Å². The summed E-state index contributed by atoms with van der Waals surface area (Å²) in [6, 6.07) is 0. The van der Waals surface area contributed by atoms with Crippen molar-refractivity contribution in [3.63, 3.8) is 0 Å². The van der Waals surface area contributed by atoms with E-state index in [-0.39, 0.29) is 17.2 Å². The lowest BCUT2D eigenvalue weighted by Crippen LogP contribution is -2.56. The van der Waals surface area contributed by atoms with E-state index >= 15 is 0 Å². The fraction of sp³-hybridized carbons (Fsp3) is 0.846. The van der Waals surface area contributed by atoms with Crippen LogP contribution in [0.5, 0.6) is 0 Å². The van der Waals surface area contributed by atoms with Gasteiger partial charge in [0, 0.05) is 5.92 Å². The zero-order valence-corrected chi connectivity index (χ0v) is 10.6. The number of amides is 1. The highest BCUT2D eigenvalue weighted by molar-refractivity contribution is 5.89. The van der Waals surface area contributed by atoms with Gasteiger partial charge in [-0.05, 0) is 24.7 Å². The summed E-state index contributed by atoms with van der Waals surface area (Å²) in [7, 11) is 0. The molecule has 0 aliphatic heterocycles. The quantitative estimate of drug-likeness (QED) is 0.791. The standard InChI is InChI=1S/C13H21NO3/c1-12(2)8-9(12)10(15)14-13(11(16)17)6-4-3-5-7-13/h9H,3-8H2,1-2H3,(H,14,15)(H,16,17)/t9-/m1/s1. The van der Waals surface area contributed by atoms with Gasteiger partial charge >= 0.3 is 5.97 Å². The molecule has 0 radical (unpaired) electrons. The van der Waals surface area contributed by atoms with Crippen LogP contribution in [0.25, 0.3) is 0 Å². The molecule has 2 aliphatic carbocycles. The van der Waals surface area contributed by atoms with Gasteiger partial charge in [-0.15, -0.1) is 0 Å². The van der Waals surface area contributed by atoms with E-state index in [1.54, 1.807) is 0 Å². The van der Waals surface area contributed by atoms with Gasteiger partial charge in [-0.1, -0.05) is 33.1 Å². The molecule has 2 saturated carbocycles. The third kappa shape index (κ3) is 2.31. The van der Waals surface area contributed by atoms with E-state index in [1.807, 2.05) is 13.8 Å². The third-order valence-electron chi connectivity index (χ3n) is 4.31. The van der Waals surface area contributed by atoms with Crippen molar-refractivity contribution in [2.45, 2.75) is 57.9 Å². The molecular weight excluding hydrogens is 218 g/mol. The molecule has 1 atom stereocenters. The first-order chi connectivity index (χ1) is 7.87. The summed E-state index contributed by atoms with van der Waals surface area (Å²) in [5.74, 6) is -0.941. The molecule has 0 bridgehead atoms. The molecule has 0 aromatic heterocycles. The normalized spacial score (nSPS) is 29.4. The van der Waals surface area contributed by atoms with Gasteiger partial charge in [0.2, 0.25) is 5.91 Å². The smallest absolute Gasteiger partial charge is 0.329 e. The van der Waals surface area contributed by atoms with E-state index in [4.69, 9.17) is 0 Å². The molecule has 17 heavy (non-hydrogen) atoms. The molecule has 2 rings (SSSR count). The summed E-state index contributed by atoms with van der Waals surface area (Å²) < 4.78 is 0. The van der Waals surface area contributed by atoms with Crippen LogP contribution < -0.4 is 5.32 Å². The van der Waals surface area contributed by atoms with Crippen molar-refractivity contribution in [2.24, 2.45) is 11.3 Å². The van der Waals surface area contributed by atoms with Gasteiger partial charge in [0.25, 0.3) is 0 Å². The summed E-state index contributed by atoms with van der Waals surface area (Å²) in [5, 5.41) is 12.2. The van der Waals surface area contributed by atoms with Crippen LogP contribution in [-0.4, -0.2) is 22.5 Å². The summed E-state index contributed by atoms with van der Waals surface area (Å²) >= 11 is 0. The second-order valence-corrected chi connectivity index (χ2v) is 6.18. The van der Waals surface area contributed by atoms with Crippen molar-refractivity contribution < 1.29 is 14.7 Å². The van der Waals surface area contributed by atoms with E-state index in [0.717, 1.165) is 25.7 Å². The van der Waals surface area contributed by atoms with Crippen molar-refractivity contribution in [3.8, 4) is 0 Å². The first-order valence-corrected chi connectivity index (χ1v) is 6.43. The number of carboxylic acids is 1. The van der Waals surface area contributed by atoms with E-state index in [9.17, 15) is 14.7 Å². The molecule has 4 nitrogen and oxygen atoms in total. The molecule has 1 amide bonds. The Labute approximate surface area is 102 Å². The van der Waals surface area contributed by atoms with Crippen LogP contribution in [0.4, 0.5) is 0 Å². The lowest BCUT2D eigenvalue weighted by atomic mass is 9.81. The predicted molar refractivity (Wildman–Crippen MR) is 63.5 cm³/mol. The van der Waals surface area contributed by atoms with Gasteiger partial charge < -0.3 is 10.4 Å². The lowest BCUT2D eigenvalue weighted by molar-refractivity contribution is -0.149. The molecule has 0 aromatic carbocycles. The Bertz CT molecular complexity index is 343. The van der Waals surface area contributed by atoms with Crippen molar-refractivity contribution in [1.29, 1.82) is 0 Å². The maximum atomic E-state index is 12.0. The van der Waals surface area contributed by atoms with Crippen LogP contribution in [0.3, 0.4) is 0 Å². The number of hydrogen-bond donors (Lipinski definition) is 2. The molecular formula is C13H21NO3. The van der Waals surface area contributed by atoms with Crippen molar-refractivity contribution in [1.82, 2.24) is 5.32 Å². The molecule has 96 valence electrons. The lowest BCUT2D eigenvalue weighted by Gasteiger charge is -2.34. The monoisotopic (exact) mass is 239 g/mol. The number of carboxylic acid groups (broad SMARTS) is 1. The van der Waals surface area contributed by atoms with Crippen molar-refractivity contribution in [2.75, 3.05) is 0 Å². The number of carbonyl (C=O) groups is 2. The number of hydrogen-bond acceptors (Lipinski definition) is 2. The predicted octanol–water partition coefficient (Wildman–Crippen LogP) is 1.94. The minimum atomic E-state index is -0.992. The average Bonchev–Trinajstić information content (AvgIpc) is 2.89. The molecule has 0 aromatic rings. The van der Waals surface area contributed by atoms with Gasteiger partial charge in [0.15, 0.2) is 0 Å². The molecule has 0 heterocycles. The summed E-state index contributed by atoms with van der Waals surface area (Å²) in [6.45, 7) is 4.09. The highest BCUT2D eigenvalue weighted by atomic mass is 16.4. The fourth-order valence-corrected chi connectivity index (χ4v) is 2.79. The van der Waals surface area contributed by atoms with Crippen LogP contribution >= 0.6 is 0 Å². The highest BCUT2D eigenvalue weighted by Crippen LogP contribution is 2.52. The maximum absolute atomic E-state index is 12.0. The largest absolute Gasteiger partial charge is 0.480 e. The SMILES string of the molecule is CC1(C)C[C@@H]1C(=O)NC1(C(=O)O)CCCCC1. The first kappa shape index (κ1) is 12.4. The number of nitrogens with one attached hydrogen (secondary N) is 1. The first-order valence-electron chi connectivity index (χ1n) is 6.43. The van der Waals surface area contributed by atoms with Gasteiger partial charge in [0.05, 0.1) is 0 Å². The Balaban J connectivity index is 2.03. The van der Waals surface area contributed by atoms with Crippen LogP contribution in [0, 0.1) is 11.3 Å². The zero-order chi connectivity index (χ0) is 12.7. The second-order valence-electron chi connectivity index (χ2n) is 6.18. The van der Waals surface area contributed by atoms with Crippen LogP contribution in [0.15, 0.2) is 0 Å². The Hall–Kier alpha value is -1.06. The third-order valence-corrected chi connectivity index (χ3v) is 4.31. The molecule has 4 heteroatoms. The van der Waals surface area contributed by atoms with E-state index < -0.39 is 11.5 Å². The van der Waals surface area contributed by atoms with Crippen LogP contribution in [-0.2, 0) is 9.59 Å². The average molecular weight is 239 g/mol. The van der Waals surface area contributed by atoms with Crippen molar-refractivity contribution >= 4 is 11.9 Å². The summed E-state index contributed by atoms with van der Waals surface area (Å²) in [6.07, 6.45) is 4.86. The molecule has 2 aliphatic rings. The second kappa shape index (κ2) is 4.00. The van der Waals surface area contributed by atoms with E-state index in [1.165, 1.54) is 0 Å².